The highest BCUT2D eigenvalue weighted by atomic mass is 32.2. The smallest absolute Gasteiger partial charge is 0.459 e. The van der Waals surface area contributed by atoms with Crippen LogP contribution in [0.5, 0.6) is 0 Å². The molecule has 0 fully saturated rings. The van der Waals surface area contributed by atoms with Crippen LogP contribution in [-0.2, 0) is 35.2 Å². The minimum Gasteiger partial charge on any atom is -0.459 e. The van der Waals surface area contributed by atoms with Crippen molar-refractivity contribution in [1.29, 1.82) is 0 Å². The highest BCUT2D eigenvalue weighted by Crippen LogP contribution is 2.26. The van der Waals surface area contributed by atoms with Gasteiger partial charge in [-0.2, -0.15) is 21.6 Å². The molecule has 0 heterocycles. The number of alkyl halides is 3. The van der Waals surface area contributed by atoms with Gasteiger partial charge in [-0.05, 0) is 33.3 Å². The molecule has 1 amide bonds. The van der Waals surface area contributed by atoms with Crippen molar-refractivity contribution in [3.05, 3.63) is 35.9 Å². The Balaban J connectivity index is 2.97. The number of esters is 1. The highest BCUT2D eigenvalue weighted by Gasteiger charge is 2.49. The summed E-state index contributed by atoms with van der Waals surface area (Å²) in [6, 6.07) is 6.42. The molecule has 0 bridgehead atoms. The molecular formula is C17H22F3NO7S. The van der Waals surface area contributed by atoms with E-state index in [9.17, 15) is 31.2 Å². The molecule has 0 spiro atoms. The van der Waals surface area contributed by atoms with E-state index in [1.165, 1.54) is 20.8 Å². The topological polar surface area (TPSA) is 108 Å². The van der Waals surface area contributed by atoms with Crippen molar-refractivity contribution < 1.29 is 44.8 Å². The molecule has 1 N–H and O–H groups in total. The van der Waals surface area contributed by atoms with E-state index in [2.05, 4.69) is 4.18 Å². The zero-order valence-corrected chi connectivity index (χ0v) is 17.0. The molecule has 0 aliphatic heterocycles. The summed E-state index contributed by atoms with van der Waals surface area (Å²) in [6.07, 6.45) is -3.10. The SMILES string of the molecule is C[C@@H](OS(=O)(=O)C(F)(F)F)[C@H](NC(=O)OC(C)(C)C)C(=O)OCc1ccccc1. The molecule has 29 heavy (non-hydrogen) atoms. The zero-order chi connectivity index (χ0) is 22.5. The van der Waals surface area contributed by atoms with Crippen LogP contribution < -0.4 is 5.32 Å². The molecular weight excluding hydrogens is 419 g/mol. The lowest BCUT2D eigenvalue weighted by molar-refractivity contribution is -0.150. The number of hydrogen-bond donors (Lipinski definition) is 1. The van der Waals surface area contributed by atoms with Crippen LogP contribution in [-0.4, -0.2) is 43.7 Å². The number of carbonyl (C=O) groups excluding carboxylic acids is 2. The molecule has 2 atom stereocenters. The summed E-state index contributed by atoms with van der Waals surface area (Å²) in [5.74, 6) is -1.20. The Kier molecular flexibility index (Phi) is 8.04. The van der Waals surface area contributed by atoms with Gasteiger partial charge in [-0.1, -0.05) is 30.3 Å². The average Bonchev–Trinajstić information content (AvgIpc) is 2.55. The van der Waals surface area contributed by atoms with E-state index in [1.807, 2.05) is 5.32 Å². The number of hydrogen-bond acceptors (Lipinski definition) is 7. The van der Waals surface area contributed by atoms with Gasteiger partial charge in [-0.3, -0.25) is 4.18 Å². The van der Waals surface area contributed by atoms with Crippen molar-refractivity contribution in [3.8, 4) is 0 Å². The second-order valence-corrected chi connectivity index (χ2v) is 8.48. The number of ether oxygens (including phenoxy) is 2. The van der Waals surface area contributed by atoms with E-state index >= 15 is 0 Å². The maximum absolute atomic E-state index is 12.6. The van der Waals surface area contributed by atoms with Gasteiger partial charge in [0.1, 0.15) is 18.3 Å². The first-order chi connectivity index (χ1) is 13.1. The van der Waals surface area contributed by atoms with Crippen molar-refractivity contribution in [3.63, 3.8) is 0 Å². The van der Waals surface area contributed by atoms with E-state index in [0.717, 1.165) is 6.92 Å². The summed E-state index contributed by atoms with van der Waals surface area (Å²) in [4.78, 5) is 24.3. The van der Waals surface area contributed by atoms with Crippen LogP contribution in [0.25, 0.3) is 0 Å². The normalized spacial score (nSPS) is 14.6. The Labute approximate surface area is 166 Å². The average molecular weight is 441 g/mol. The van der Waals surface area contributed by atoms with E-state index in [0.29, 0.717) is 5.56 Å². The summed E-state index contributed by atoms with van der Waals surface area (Å²) in [7, 11) is -6.01. The summed E-state index contributed by atoms with van der Waals surface area (Å²) < 4.78 is 74.2. The lowest BCUT2D eigenvalue weighted by Gasteiger charge is -2.26. The lowest BCUT2D eigenvalue weighted by atomic mass is 10.2. The molecule has 1 rings (SSSR count). The van der Waals surface area contributed by atoms with E-state index in [-0.39, 0.29) is 6.61 Å². The molecule has 1 aromatic rings. The molecule has 0 saturated heterocycles. The molecule has 1 aromatic carbocycles. The van der Waals surface area contributed by atoms with Gasteiger partial charge in [0, 0.05) is 0 Å². The van der Waals surface area contributed by atoms with Crippen LogP contribution in [0.2, 0.25) is 0 Å². The Morgan fingerprint density at radius 3 is 2.14 bits per heavy atom. The summed E-state index contributed by atoms with van der Waals surface area (Å²) in [5, 5.41) is 1.99. The van der Waals surface area contributed by atoms with Gasteiger partial charge in [0.25, 0.3) is 0 Å². The van der Waals surface area contributed by atoms with Crippen molar-refractivity contribution in [2.75, 3.05) is 0 Å². The third kappa shape index (κ3) is 8.28. The third-order valence-corrected chi connectivity index (χ3v) is 4.31. The maximum atomic E-state index is 12.6. The number of halogens is 3. The van der Waals surface area contributed by atoms with Crippen LogP contribution in [0.15, 0.2) is 30.3 Å². The fraction of sp³-hybridized carbons (Fsp3) is 0.529. The fourth-order valence-electron chi connectivity index (χ4n) is 1.93. The Morgan fingerprint density at radius 1 is 1.10 bits per heavy atom. The molecule has 8 nitrogen and oxygen atoms in total. The predicted molar refractivity (Wildman–Crippen MR) is 94.9 cm³/mol. The van der Waals surface area contributed by atoms with Gasteiger partial charge in [0.15, 0.2) is 6.04 Å². The number of rotatable bonds is 7. The van der Waals surface area contributed by atoms with Crippen molar-refractivity contribution in [2.45, 2.75) is 57.6 Å². The molecule has 0 aliphatic carbocycles. The van der Waals surface area contributed by atoms with Gasteiger partial charge >= 0.3 is 27.7 Å². The Hall–Kier alpha value is -2.34. The maximum Gasteiger partial charge on any atom is 0.523 e. The molecule has 12 heteroatoms. The second kappa shape index (κ2) is 9.44. The van der Waals surface area contributed by atoms with Gasteiger partial charge < -0.3 is 14.8 Å². The van der Waals surface area contributed by atoms with Crippen LogP contribution >= 0.6 is 0 Å². The Bertz CT molecular complexity index is 805. The van der Waals surface area contributed by atoms with Crippen LogP contribution in [0.4, 0.5) is 18.0 Å². The number of carbonyl (C=O) groups is 2. The van der Waals surface area contributed by atoms with Crippen LogP contribution in [0.1, 0.15) is 33.3 Å². The number of benzene rings is 1. The van der Waals surface area contributed by atoms with Crippen molar-refractivity contribution in [1.82, 2.24) is 5.32 Å². The molecule has 0 radical (unpaired) electrons. The standard InChI is InChI=1S/C17H22F3NO7S/c1-11(28-29(24,25)17(18,19)20)13(21-15(23)27-16(2,3)4)14(22)26-10-12-8-6-5-7-9-12/h5-9,11,13H,10H2,1-4H3,(H,21,23)/t11-,13+/m1/s1. The van der Waals surface area contributed by atoms with Crippen LogP contribution in [0, 0.1) is 0 Å². The molecule has 164 valence electrons. The monoisotopic (exact) mass is 441 g/mol. The first kappa shape index (κ1) is 24.7. The molecule has 0 aliphatic rings. The summed E-state index contributed by atoms with van der Waals surface area (Å²) >= 11 is 0. The van der Waals surface area contributed by atoms with Gasteiger partial charge in [-0.15, -0.1) is 0 Å². The third-order valence-electron chi connectivity index (χ3n) is 3.18. The molecule has 0 unspecified atom stereocenters. The van der Waals surface area contributed by atoms with Crippen molar-refractivity contribution in [2.24, 2.45) is 0 Å². The quantitative estimate of drug-likeness (QED) is 0.394. The molecule has 0 aromatic heterocycles. The van der Waals surface area contributed by atoms with Crippen molar-refractivity contribution >= 4 is 22.2 Å². The predicted octanol–water partition coefficient (Wildman–Crippen LogP) is 2.88. The van der Waals surface area contributed by atoms with Crippen LogP contribution in [0.3, 0.4) is 0 Å². The minimum absolute atomic E-state index is 0.259. The Morgan fingerprint density at radius 2 is 1.66 bits per heavy atom. The first-order valence-corrected chi connectivity index (χ1v) is 9.73. The lowest BCUT2D eigenvalue weighted by Crippen LogP contribution is -2.51. The highest BCUT2D eigenvalue weighted by molar-refractivity contribution is 7.87. The number of alkyl carbamates (subject to hydrolysis) is 1. The zero-order valence-electron chi connectivity index (χ0n) is 16.1. The minimum atomic E-state index is -6.01. The van der Waals surface area contributed by atoms with Gasteiger partial charge in [-0.25, -0.2) is 9.59 Å². The van der Waals surface area contributed by atoms with Gasteiger partial charge in [0.2, 0.25) is 0 Å². The summed E-state index contributed by atoms with van der Waals surface area (Å²) in [5.41, 5.74) is -6.12. The van der Waals surface area contributed by atoms with E-state index in [4.69, 9.17) is 9.47 Å². The number of amides is 1. The first-order valence-electron chi connectivity index (χ1n) is 8.32. The largest absolute Gasteiger partial charge is 0.523 e. The number of nitrogens with one attached hydrogen (secondary N) is 1. The van der Waals surface area contributed by atoms with Gasteiger partial charge in [0.05, 0.1) is 0 Å². The summed E-state index contributed by atoms with van der Waals surface area (Å²) in [6.45, 7) is 5.16. The second-order valence-electron chi connectivity index (χ2n) is 6.92. The van der Waals surface area contributed by atoms with E-state index < -0.39 is 45.4 Å². The fourth-order valence-corrected chi connectivity index (χ4v) is 2.55. The molecule has 0 saturated carbocycles. The van der Waals surface area contributed by atoms with E-state index in [1.54, 1.807) is 30.3 Å².